The Bertz CT molecular complexity index is 405. The maximum absolute atomic E-state index is 12.8. The zero-order chi connectivity index (χ0) is 12.5. The molecule has 0 atom stereocenters. The highest BCUT2D eigenvalue weighted by Crippen LogP contribution is 2.33. The summed E-state index contributed by atoms with van der Waals surface area (Å²) in [7, 11) is 0. The Hall–Kier alpha value is -1.36. The van der Waals surface area contributed by atoms with Gasteiger partial charge in [0.2, 0.25) is 0 Å². The predicted molar refractivity (Wildman–Crippen MR) is 63.1 cm³/mol. The number of halogens is 2. The van der Waals surface area contributed by atoms with E-state index in [9.17, 15) is 13.9 Å². The van der Waals surface area contributed by atoms with E-state index >= 15 is 0 Å². The Kier molecular flexibility index (Phi) is 3.19. The Morgan fingerprint density at radius 3 is 2.65 bits per heavy atom. The predicted octanol–water partition coefficient (Wildman–Crippen LogP) is 2.53. The molecule has 0 radical (unpaired) electrons. The summed E-state index contributed by atoms with van der Waals surface area (Å²) in [6.07, 6.45) is -0.142. The average molecular weight is 242 g/mol. The summed E-state index contributed by atoms with van der Waals surface area (Å²) in [5.74, 6) is 0. The van der Waals surface area contributed by atoms with Crippen LogP contribution in [0.15, 0.2) is 18.2 Å². The molecular formula is C12H16F2N2O. The highest BCUT2D eigenvalue weighted by atomic mass is 19.3. The highest BCUT2D eigenvalue weighted by molar-refractivity contribution is 5.58. The molecule has 0 aromatic heterocycles. The van der Waals surface area contributed by atoms with Gasteiger partial charge in [-0.2, -0.15) is 0 Å². The van der Waals surface area contributed by atoms with Gasteiger partial charge in [0.15, 0.2) is 0 Å². The molecule has 1 saturated carbocycles. The molecule has 4 N–H and O–H groups in total. The molecule has 5 heteroatoms. The van der Waals surface area contributed by atoms with Crippen molar-refractivity contribution in [3.63, 3.8) is 0 Å². The van der Waals surface area contributed by atoms with Crippen molar-refractivity contribution in [3.8, 4) is 0 Å². The first-order valence-electron chi connectivity index (χ1n) is 5.64. The molecule has 1 aliphatic rings. The van der Waals surface area contributed by atoms with Crippen LogP contribution in [0.1, 0.15) is 31.3 Å². The minimum Gasteiger partial charge on any atom is -0.399 e. The number of benzene rings is 1. The quantitative estimate of drug-likeness (QED) is 0.711. The van der Waals surface area contributed by atoms with Crippen molar-refractivity contribution in [2.24, 2.45) is 0 Å². The van der Waals surface area contributed by atoms with E-state index in [1.54, 1.807) is 6.07 Å². The molecule has 1 aromatic carbocycles. The second kappa shape index (κ2) is 4.49. The molecule has 2 rings (SSSR count). The summed E-state index contributed by atoms with van der Waals surface area (Å²) < 4.78 is 25.5. The second-order valence-corrected chi connectivity index (χ2v) is 4.58. The first kappa shape index (κ1) is 12.1. The van der Waals surface area contributed by atoms with E-state index in [1.165, 1.54) is 12.1 Å². The smallest absolute Gasteiger partial charge is 0.265 e. The summed E-state index contributed by atoms with van der Waals surface area (Å²) in [5, 5.41) is 12.8. The summed E-state index contributed by atoms with van der Waals surface area (Å²) in [6.45, 7) is 0.302. The van der Waals surface area contributed by atoms with Crippen LogP contribution in [0.5, 0.6) is 0 Å². The van der Waals surface area contributed by atoms with E-state index in [1.807, 2.05) is 0 Å². The fraction of sp³-hybridized carbons (Fsp3) is 0.500. The van der Waals surface area contributed by atoms with E-state index in [-0.39, 0.29) is 5.56 Å². The second-order valence-electron chi connectivity index (χ2n) is 4.58. The molecule has 94 valence electrons. The van der Waals surface area contributed by atoms with Gasteiger partial charge in [-0.1, -0.05) is 0 Å². The Morgan fingerprint density at radius 2 is 2.12 bits per heavy atom. The number of hydrogen-bond donors (Lipinski definition) is 3. The van der Waals surface area contributed by atoms with Crippen LogP contribution >= 0.6 is 0 Å². The van der Waals surface area contributed by atoms with Gasteiger partial charge in [-0.15, -0.1) is 0 Å². The van der Waals surface area contributed by atoms with Crippen molar-refractivity contribution >= 4 is 11.4 Å². The molecule has 1 aliphatic carbocycles. The maximum atomic E-state index is 12.8. The van der Waals surface area contributed by atoms with Gasteiger partial charge in [-0.3, -0.25) is 0 Å². The van der Waals surface area contributed by atoms with Gasteiger partial charge in [0, 0.05) is 23.5 Å². The molecule has 0 bridgehead atoms. The Labute approximate surface area is 98.6 Å². The maximum Gasteiger partial charge on any atom is 0.265 e. The van der Waals surface area contributed by atoms with Gasteiger partial charge in [0.05, 0.1) is 5.60 Å². The number of nitrogen functional groups attached to an aromatic ring is 1. The van der Waals surface area contributed by atoms with Gasteiger partial charge < -0.3 is 16.2 Å². The van der Waals surface area contributed by atoms with Gasteiger partial charge >= 0.3 is 0 Å². The van der Waals surface area contributed by atoms with E-state index in [0.717, 1.165) is 19.3 Å². The van der Waals surface area contributed by atoms with Gasteiger partial charge in [-0.05, 0) is 37.5 Å². The summed E-state index contributed by atoms with van der Waals surface area (Å²) in [6, 6.07) is 4.36. The minimum absolute atomic E-state index is 0.118. The zero-order valence-corrected chi connectivity index (χ0v) is 9.42. The minimum atomic E-state index is -2.57. The molecule has 0 unspecified atom stereocenters. The molecule has 1 aromatic rings. The first-order chi connectivity index (χ1) is 8.00. The van der Waals surface area contributed by atoms with Crippen molar-refractivity contribution in [2.45, 2.75) is 31.3 Å². The lowest BCUT2D eigenvalue weighted by Crippen LogP contribution is -2.43. The number of hydrogen-bond acceptors (Lipinski definition) is 3. The average Bonchev–Trinajstić information content (AvgIpc) is 2.24. The number of rotatable bonds is 4. The lowest BCUT2D eigenvalue weighted by atomic mass is 9.80. The third kappa shape index (κ3) is 2.66. The Morgan fingerprint density at radius 1 is 1.41 bits per heavy atom. The molecule has 1 fully saturated rings. The van der Waals surface area contributed by atoms with Gasteiger partial charge in [0.1, 0.15) is 0 Å². The van der Waals surface area contributed by atoms with Crippen molar-refractivity contribution < 1.29 is 13.9 Å². The summed E-state index contributed by atoms with van der Waals surface area (Å²) >= 11 is 0. The number of nitrogens with two attached hydrogens (primary N) is 1. The topological polar surface area (TPSA) is 58.3 Å². The van der Waals surface area contributed by atoms with Crippen LogP contribution in [0.4, 0.5) is 20.2 Å². The van der Waals surface area contributed by atoms with Crippen molar-refractivity contribution in [1.29, 1.82) is 0 Å². The van der Waals surface area contributed by atoms with Crippen LogP contribution in [0.25, 0.3) is 0 Å². The largest absolute Gasteiger partial charge is 0.399 e. The van der Waals surface area contributed by atoms with Crippen molar-refractivity contribution in [3.05, 3.63) is 23.8 Å². The molecule has 0 heterocycles. The van der Waals surface area contributed by atoms with E-state index < -0.39 is 12.0 Å². The lowest BCUT2D eigenvalue weighted by Gasteiger charge is -2.37. The van der Waals surface area contributed by atoms with Gasteiger partial charge in [0.25, 0.3) is 6.43 Å². The van der Waals surface area contributed by atoms with Crippen LogP contribution in [0, 0.1) is 0 Å². The van der Waals surface area contributed by atoms with E-state index in [2.05, 4.69) is 5.32 Å². The van der Waals surface area contributed by atoms with Crippen molar-refractivity contribution in [2.75, 3.05) is 17.6 Å². The zero-order valence-electron chi connectivity index (χ0n) is 9.42. The lowest BCUT2D eigenvalue weighted by molar-refractivity contribution is -0.0202. The molecule has 0 spiro atoms. The fourth-order valence-electron chi connectivity index (χ4n) is 1.94. The summed E-state index contributed by atoms with van der Waals surface area (Å²) in [4.78, 5) is 0. The molecule has 0 aliphatic heterocycles. The monoisotopic (exact) mass is 242 g/mol. The normalized spacial score (nSPS) is 17.9. The SMILES string of the molecule is Nc1ccc(NCC2(O)CCC2)c(C(F)F)c1. The van der Waals surface area contributed by atoms with Crippen LogP contribution < -0.4 is 11.1 Å². The highest BCUT2D eigenvalue weighted by Gasteiger charge is 2.34. The summed E-state index contributed by atoms with van der Waals surface area (Å²) in [5.41, 5.74) is 5.28. The Balaban J connectivity index is 2.09. The van der Waals surface area contributed by atoms with Gasteiger partial charge in [-0.25, -0.2) is 8.78 Å². The standard InChI is InChI=1S/C12H16F2N2O/c13-11(14)9-6-8(15)2-3-10(9)16-7-12(17)4-1-5-12/h2-3,6,11,16-17H,1,4-5,7,15H2. The fourth-order valence-corrected chi connectivity index (χ4v) is 1.94. The van der Waals surface area contributed by atoms with Crippen LogP contribution in [-0.2, 0) is 0 Å². The number of anilines is 2. The van der Waals surface area contributed by atoms with Crippen LogP contribution in [0.2, 0.25) is 0 Å². The molecule has 17 heavy (non-hydrogen) atoms. The first-order valence-corrected chi connectivity index (χ1v) is 5.64. The van der Waals surface area contributed by atoms with Crippen LogP contribution in [0.3, 0.4) is 0 Å². The molecule has 3 nitrogen and oxygen atoms in total. The number of aliphatic hydroxyl groups is 1. The number of alkyl halides is 2. The van der Waals surface area contributed by atoms with Crippen molar-refractivity contribution in [1.82, 2.24) is 0 Å². The molecule has 0 amide bonds. The van der Waals surface area contributed by atoms with E-state index in [0.29, 0.717) is 17.9 Å². The van der Waals surface area contributed by atoms with Crippen LogP contribution in [-0.4, -0.2) is 17.3 Å². The third-order valence-electron chi connectivity index (χ3n) is 3.20. The third-order valence-corrected chi connectivity index (χ3v) is 3.20. The molecule has 0 saturated heterocycles. The van der Waals surface area contributed by atoms with E-state index in [4.69, 9.17) is 5.73 Å². The molecular weight excluding hydrogens is 226 g/mol. The number of nitrogens with one attached hydrogen (secondary N) is 1.